The van der Waals surface area contributed by atoms with Gasteiger partial charge in [0.15, 0.2) is 5.78 Å². The molecular formula is C27H34N2O3. The lowest BCUT2D eigenvalue weighted by atomic mass is 10.1. The fourth-order valence-electron chi connectivity index (χ4n) is 5.18. The molecule has 2 aromatic carbocycles. The molecule has 0 amide bonds. The van der Waals surface area contributed by atoms with Gasteiger partial charge in [0.25, 0.3) is 0 Å². The van der Waals surface area contributed by atoms with Crippen molar-refractivity contribution in [2.24, 2.45) is 0 Å². The molecule has 5 nitrogen and oxygen atoms in total. The molecule has 0 saturated carbocycles. The molecule has 0 radical (unpaired) electrons. The molecule has 32 heavy (non-hydrogen) atoms. The lowest BCUT2D eigenvalue weighted by Gasteiger charge is -2.15. The zero-order valence-electron chi connectivity index (χ0n) is 19.0. The molecular weight excluding hydrogens is 400 g/mol. The van der Waals surface area contributed by atoms with Gasteiger partial charge in [-0.25, -0.2) is 0 Å². The number of ether oxygens (including phenoxy) is 2. The van der Waals surface area contributed by atoms with E-state index in [0.29, 0.717) is 13.2 Å². The van der Waals surface area contributed by atoms with Gasteiger partial charge in [0, 0.05) is 24.2 Å². The number of carbonyl (C=O) groups excluding carboxylic acids is 1. The van der Waals surface area contributed by atoms with Gasteiger partial charge in [-0.3, -0.25) is 4.79 Å². The molecule has 170 valence electrons. The summed E-state index contributed by atoms with van der Waals surface area (Å²) in [4.78, 5) is 17.8. The van der Waals surface area contributed by atoms with Crippen LogP contribution in [0.4, 0.5) is 0 Å². The van der Waals surface area contributed by atoms with E-state index in [0.717, 1.165) is 59.7 Å². The van der Waals surface area contributed by atoms with E-state index in [2.05, 4.69) is 9.80 Å². The van der Waals surface area contributed by atoms with Crippen molar-refractivity contribution in [3.05, 3.63) is 47.5 Å². The van der Waals surface area contributed by atoms with E-state index in [9.17, 15) is 4.79 Å². The molecule has 2 fully saturated rings. The number of carbonyl (C=O) groups is 1. The van der Waals surface area contributed by atoms with E-state index in [1.54, 1.807) is 0 Å². The number of ketones is 1. The molecule has 0 bridgehead atoms. The second kappa shape index (κ2) is 10.1. The Morgan fingerprint density at radius 2 is 1.06 bits per heavy atom. The number of benzene rings is 2. The third-order valence-corrected chi connectivity index (χ3v) is 6.93. The van der Waals surface area contributed by atoms with E-state index in [-0.39, 0.29) is 5.78 Å². The van der Waals surface area contributed by atoms with Crippen molar-refractivity contribution in [2.75, 3.05) is 52.5 Å². The Balaban J connectivity index is 1.19. The van der Waals surface area contributed by atoms with Crippen molar-refractivity contribution in [3.63, 3.8) is 0 Å². The van der Waals surface area contributed by atoms with E-state index in [1.165, 1.54) is 51.9 Å². The summed E-state index contributed by atoms with van der Waals surface area (Å²) in [5.74, 6) is 1.77. The van der Waals surface area contributed by atoms with Crippen LogP contribution in [0.2, 0.25) is 0 Å². The summed E-state index contributed by atoms with van der Waals surface area (Å²) in [6.45, 7) is 8.50. The Hall–Kier alpha value is -2.37. The van der Waals surface area contributed by atoms with Gasteiger partial charge in [-0.1, -0.05) is 0 Å². The van der Waals surface area contributed by atoms with Gasteiger partial charge < -0.3 is 19.3 Å². The van der Waals surface area contributed by atoms with Gasteiger partial charge in [0.1, 0.15) is 11.5 Å². The zero-order valence-corrected chi connectivity index (χ0v) is 19.0. The first-order valence-corrected chi connectivity index (χ1v) is 12.3. The molecule has 2 heterocycles. The van der Waals surface area contributed by atoms with Gasteiger partial charge in [0.2, 0.25) is 0 Å². The van der Waals surface area contributed by atoms with Crippen LogP contribution in [0.15, 0.2) is 36.4 Å². The summed E-state index contributed by atoms with van der Waals surface area (Å²) in [6, 6.07) is 11.7. The molecule has 0 spiro atoms. The van der Waals surface area contributed by atoms with Crippen LogP contribution in [0.1, 0.15) is 54.4 Å². The summed E-state index contributed by atoms with van der Waals surface area (Å²) in [6.07, 6.45) is 7.35. The minimum absolute atomic E-state index is 0.0937. The molecule has 3 aliphatic rings. The van der Waals surface area contributed by atoms with Gasteiger partial charge in [-0.15, -0.1) is 0 Å². The van der Waals surface area contributed by atoms with Crippen LogP contribution in [-0.4, -0.2) is 68.1 Å². The monoisotopic (exact) mass is 434 g/mol. The Bertz CT molecular complexity index is 870. The predicted octanol–water partition coefficient (Wildman–Crippen LogP) is 4.63. The number of hydrogen-bond donors (Lipinski definition) is 0. The number of likely N-dealkylation sites (tertiary alicyclic amines) is 2. The van der Waals surface area contributed by atoms with E-state index >= 15 is 0 Å². The van der Waals surface area contributed by atoms with Gasteiger partial charge >= 0.3 is 0 Å². The average Bonchev–Trinajstić information content (AvgIpc) is 3.57. The highest BCUT2D eigenvalue weighted by molar-refractivity contribution is 6.21. The van der Waals surface area contributed by atoms with Gasteiger partial charge in [-0.2, -0.15) is 0 Å². The normalized spacial score (nSPS) is 18.2. The van der Waals surface area contributed by atoms with Crippen LogP contribution in [0.25, 0.3) is 11.1 Å². The molecule has 0 aromatic heterocycles. The maximum atomic E-state index is 12.8. The van der Waals surface area contributed by atoms with E-state index < -0.39 is 0 Å². The first kappa shape index (κ1) is 21.5. The Morgan fingerprint density at radius 3 is 1.50 bits per heavy atom. The highest BCUT2D eigenvalue weighted by Gasteiger charge is 2.27. The molecule has 1 aliphatic carbocycles. The summed E-state index contributed by atoms with van der Waals surface area (Å²) in [7, 11) is 0. The summed E-state index contributed by atoms with van der Waals surface area (Å²) in [5.41, 5.74) is 3.44. The first-order valence-electron chi connectivity index (χ1n) is 12.3. The molecule has 0 atom stereocenters. The first-order chi connectivity index (χ1) is 15.8. The summed E-state index contributed by atoms with van der Waals surface area (Å²) < 4.78 is 12.1. The van der Waals surface area contributed by atoms with E-state index in [4.69, 9.17) is 9.47 Å². The summed E-state index contributed by atoms with van der Waals surface area (Å²) >= 11 is 0. The predicted molar refractivity (Wildman–Crippen MR) is 127 cm³/mol. The highest BCUT2D eigenvalue weighted by atomic mass is 16.5. The van der Waals surface area contributed by atoms with Gasteiger partial charge in [-0.05, 0) is 112 Å². The lowest BCUT2D eigenvalue weighted by molar-refractivity contribution is 0.104. The van der Waals surface area contributed by atoms with Crippen molar-refractivity contribution < 1.29 is 14.3 Å². The van der Waals surface area contributed by atoms with Crippen molar-refractivity contribution >= 4 is 5.78 Å². The second-order valence-corrected chi connectivity index (χ2v) is 9.25. The molecule has 0 unspecified atom stereocenters. The van der Waals surface area contributed by atoms with E-state index in [1.807, 2.05) is 36.4 Å². The number of hydrogen-bond acceptors (Lipinski definition) is 5. The van der Waals surface area contributed by atoms with Crippen LogP contribution < -0.4 is 9.47 Å². The molecule has 2 saturated heterocycles. The minimum Gasteiger partial charge on any atom is -0.494 e. The van der Waals surface area contributed by atoms with Gasteiger partial charge in [0.05, 0.1) is 13.2 Å². The van der Waals surface area contributed by atoms with Crippen molar-refractivity contribution in [2.45, 2.75) is 38.5 Å². The molecule has 0 N–H and O–H groups in total. The maximum Gasteiger partial charge on any atom is 0.194 e. The number of fused-ring (bicyclic) bond motifs is 3. The largest absolute Gasteiger partial charge is 0.494 e. The van der Waals surface area contributed by atoms with Crippen LogP contribution in [0, 0.1) is 0 Å². The molecule has 2 aliphatic heterocycles. The van der Waals surface area contributed by atoms with Crippen LogP contribution in [0.3, 0.4) is 0 Å². The number of rotatable bonds is 10. The minimum atomic E-state index is 0.0937. The van der Waals surface area contributed by atoms with Crippen LogP contribution >= 0.6 is 0 Å². The smallest absolute Gasteiger partial charge is 0.194 e. The third-order valence-electron chi connectivity index (χ3n) is 6.93. The van der Waals surface area contributed by atoms with Crippen LogP contribution in [-0.2, 0) is 0 Å². The Morgan fingerprint density at radius 1 is 0.625 bits per heavy atom. The average molecular weight is 435 g/mol. The fourth-order valence-corrected chi connectivity index (χ4v) is 5.18. The maximum absolute atomic E-state index is 12.8. The quantitative estimate of drug-likeness (QED) is 0.435. The standard InChI is InChI=1S/C27H34N2O3/c30-27-23-9-7-21(31-17-5-15-28-11-1-2-12-28)19-25(23)26-20-22(8-10-24(26)27)32-18-6-16-29-13-3-4-14-29/h7-10,19-20H,1-6,11-18H2. The topological polar surface area (TPSA) is 42.0 Å². The molecule has 5 heteroatoms. The van der Waals surface area contributed by atoms with Crippen molar-refractivity contribution in [1.82, 2.24) is 9.80 Å². The lowest BCUT2D eigenvalue weighted by Crippen LogP contribution is -2.21. The SMILES string of the molecule is O=C1c2ccc(OCCCN3CCCC3)cc2-c2cc(OCCCN3CCCC3)ccc21. The molecule has 5 rings (SSSR count). The Labute approximate surface area is 191 Å². The molecule has 2 aromatic rings. The zero-order chi connectivity index (χ0) is 21.8. The van der Waals surface area contributed by atoms with Crippen molar-refractivity contribution in [1.29, 1.82) is 0 Å². The van der Waals surface area contributed by atoms with Crippen molar-refractivity contribution in [3.8, 4) is 22.6 Å². The van der Waals surface area contributed by atoms with Crippen LogP contribution in [0.5, 0.6) is 11.5 Å². The Kier molecular flexibility index (Phi) is 6.75. The summed E-state index contributed by atoms with van der Waals surface area (Å²) in [5, 5.41) is 0. The fraction of sp³-hybridized carbons (Fsp3) is 0.519. The highest BCUT2D eigenvalue weighted by Crippen LogP contribution is 2.40. The number of nitrogens with zero attached hydrogens (tertiary/aromatic N) is 2. The third kappa shape index (κ3) is 4.84. The second-order valence-electron chi connectivity index (χ2n) is 9.25.